The Morgan fingerprint density at radius 2 is 1.28 bits per heavy atom. The maximum Gasteiger partial charge on any atom is 0.0597 e. The van der Waals surface area contributed by atoms with E-state index in [1.165, 1.54) is 26.2 Å². The first-order valence-corrected chi connectivity index (χ1v) is 9.97. The second-order valence-corrected chi connectivity index (χ2v) is 7.47. The molecule has 0 spiro atoms. The minimum Gasteiger partial charge on any atom is -0.380 e. The second-order valence-electron chi connectivity index (χ2n) is 7.47. The molecule has 2 heterocycles. The average molecular weight is 356 g/mol. The maximum absolute atomic E-state index is 6.02. The van der Waals surface area contributed by atoms with Crippen LogP contribution >= 0.6 is 0 Å². The number of piperazine rings is 2. The van der Waals surface area contributed by atoms with Crippen LogP contribution in [-0.2, 0) is 9.47 Å². The molecule has 25 heavy (non-hydrogen) atoms. The van der Waals surface area contributed by atoms with Crippen molar-refractivity contribution in [3.05, 3.63) is 6.92 Å². The lowest BCUT2D eigenvalue weighted by Gasteiger charge is -2.32. The molecule has 6 heteroatoms. The van der Waals surface area contributed by atoms with Gasteiger partial charge >= 0.3 is 0 Å². The van der Waals surface area contributed by atoms with Crippen LogP contribution in [0.1, 0.15) is 12.8 Å². The first-order valence-electron chi connectivity index (χ1n) is 9.97. The van der Waals surface area contributed by atoms with E-state index in [-0.39, 0.29) is 6.10 Å². The summed E-state index contributed by atoms with van der Waals surface area (Å²) in [5.74, 6) is 0. The van der Waals surface area contributed by atoms with Gasteiger partial charge in [-0.05, 0) is 26.9 Å². The zero-order valence-corrected chi connectivity index (χ0v) is 16.5. The normalized spacial score (nSPS) is 23.2. The molecule has 147 valence electrons. The largest absolute Gasteiger partial charge is 0.380 e. The van der Waals surface area contributed by atoms with Crippen molar-refractivity contribution in [2.75, 3.05) is 99.4 Å². The third-order valence-electron chi connectivity index (χ3n) is 5.41. The molecule has 0 N–H and O–H groups in total. The van der Waals surface area contributed by atoms with Crippen molar-refractivity contribution in [1.82, 2.24) is 19.6 Å². The molecule has 0 aromatic heterocycles. The van der Waals surface area contributed by atoms with Gasteiger partial charge in [-0.2, -0.15) is 0 Å². The quantitative estimate of drug-likeness (QED) is 0.502. The second kappa shape index (κ2) is 12.2. The van der Waals surface area contributed by atoms with E-state index in [0.29, 0.717) is 0 Å². The van der Waals surface area contributed by atoms with Crippen molar-refractivity contribution in [2.45, 2.75) is 18.9 Å². The number of hydrogen-bond acceptors (Lipinski definition) is 6. The SMILES string of the molecule is [CH2]CC(CCOCCN1CCN(C)CC1)OCCN1CCN(C)CC1. The molecule has 2 saturated heterocycles. The topological polar surface area (TPSA) is 31.4 Å². The van der Waals surface area contributed by atoms with E-state index in [9.17, 15) is 0 Å². The molecule has 1 unspecified atom stereocenters. The van der Waals surface area contributed by atoms with Crippen molar-refractivity contribution < 1.29 is 9.47 Å². The summed E-state index contributed by atoms with van der Waals surface area (Å²) in [4.78, 5) is 9.75. The molecule has 0 bridgehead atoms. The Kier molecular flexibility index (Phi) is 10.3. The Bertz CT molecular complexity index is 329. The third-order valence-corrected chi connectivity index (χ3v) is 5.41. The van der Waals surface area contributed by atoms with Gasteiger partial charge < -0.3 is 19.3 Å². The summed E-state index contributed by atoms with van der Waals surface area (Å²) in [7, 11) is 4.38. The maximum atomic E-state index is 6.02. The van der Waals surface area contributed by atoms with Crippen LogP contribution in [0.15, 0.2) is 0 Å². The van der Waals surface area contributed by atoms with Crippen LogP contribution in [0, 0.1) is 6.92 Å². The molecule has 0 aliphatic carbocycles. The fraction of sp³-hybridized carbons (Fsp3) is 0.947. The molecule has 0 aromatic carbocycles. The van der Waals surface area contributed by atoms with E-state index in [1.54, 1.807) is 0 Å². The highest BCUT2D eigenvalue weighted by Gasteiger charge is 2.15. The molecule has 0 amide bonds. The van der Waals surface area contributed by atoms with Gasteiger partial charge in [-0.1, -0.05) is 6.92 Å². The minimum atomic E-state index is 0.233. The Balaban J connectivity index is 1.44. The fourth-order valence-corrected chi connectivity index (χ4v) is 3.31. The fourth-order valence-electron chi connectivity index (χ4n) is 3.31. The summed E-state index contributed by atoms with van der Waals surface area (Å²) < 4.78 is 11.8. The Hall–Kier alpha value is -0.240. The van der Waals surface area contributed by atoms with E-state index in [2.05, 4.69) is 40.6 Å². The van der Waals surface area contributed by atoms with Gasteiger partial charge in [0.1, 0.15) is 0 Å². The smallest absolute Gasteiger partial charge is 0.0597 e. The van der Waals surface area contributed by atoms with Crippen LogP contribution in [0.25, 0.3) is 0 Å². The van der Waals surface area contributed by atoms with E-state index in [4.69, 9.17) is 9.47 Å². The molecule has 1 radical (unpaired) electrons. The predicted octanol–water partition coefficient (Wildman–Crippen LogP) is 0.497. The Labute approximate surface area is 155 Å². The number of rotatable bonds is 11. The molecule has 0 saturated carbocycles. The molecule has 2 rings (SSSR count). The van der Waals surface area contributed by atoms with Crippen molar-refractivity contribution in [1.29, 1.82) is 0 Å². The highest BCUT2D eigenvalue weighted by molar-refractivity contribution is 4.70. The van der Waals surface area contributed by atoms with Crippen LogP contribution in [0.4, 0.5) is 0 Å². The van der Waals surface area contributed by atoms with Crippen molar-refractivity contribution in [2.24, 2.45) is 0 Å². The van der Waals surface area contributed by atoms with Gasteiger partial charge in [-0.15, -0.1) is 0 Å². The number of hydrogen-bond donors (Lipinski definition) is 0. The van der Waals surface area contributed by atoms with Crippen LogP contribution in [0.5, 0.6) is 0 Å². The first kappa shape index (κ1) is 21.1. The van der Waals surface area contributed by atoms with Gasteiger partial charge in [0.2, 0.25) is 0 Å². The monoisotopic (exact) mass is 355 g/mol. The molecule has 6 nitrogen and oxygen atoms in total. The van der Waals surface area contributed by atoms with E-state index in [0.717, 1.165) is 71.9 Å². The molecule has 2 aliphatic heterocycles. The summed E-state index contributed by atoms with van der Waals surface area (Å²) in [6.45, 7) is 17.8. The van der Waals surface area contributed by atoms with Crippen molar-refractivity contribution >= 4 is 0 Å². The van der Waals surface area contributed by atoms with Crippen LogP contribution in [0.2, 0.25) is 0 Å². The van der Waals surface area contributed by atoms with E-state index in [1.807, 2.05) is 0 Å². The summed E-state index contributed by atoms with van der Waals surface area (Å²) >= 11 is 0. The van der Waals surface area contributed by atoms with Gasteiger partial charge in [-0.3, -0.25) is 9.80 Å². The van der Waals surface area contributed by atoms with E-state index >= 15 is 0 Å². The lowest BCUT2D eigenvalue weighted by atomic mass is 10.2. The highest BCUT2D eigenvalue weighted by atomic mass is 16.5. The van der Waals surface area contributed by atoms with Gasteiger partial charge in [0.25, 0.3) is 0 Å². The van der Waals surface area contributed by atoms with Crippen molar-refractivity contribution in [3.8, 4) is 0 Å². The number of likely N-dealkylation sites (N-methyl/N-ethyl adjacent to an activating group) is 2. The zero-order chi connectivity index (χ0) is 17.9. The predicted molar refractivity (Wildman–Crippen MR) is 103 cm³/mol. The number of nitrogens with zero attached hydrogens (tertiary/aromatic N) is 4. The standard InChI is InChI=1S/C19H39N4O2/c1-4-19(25-18-15-23-12-8-21(3)9-13-23)5-16-24-17-14-22-10-6-20(2)7-11-22/h19H,1,4-18H2,2-3H3. The summed E-state index contributed by atoms with van der Waals surface area (Å²) in [5, 5.41) is 0. The number of ether oxygens (including phenoxy) is 2. The molecular formula is C19H39N4O2. The summed E-state index contributed by atoms with van der Waals surface area (Å²) in [5.41, 5.74) is 0. The molecular weight excluding hydrogens is 316 g/mol. The molecule has 1 atom stereocenters. The van der Waals surface area contributed by atoms with Crippen molar-refractivity contribution in [3.63, 3.8) is 0 Å². The Morgan fingerprint density at radius 3 is 1.80 bits per heavy atom. The van der Waals surface area contributed by atoms with Gasteiger partial charge in [0, 0.05) is 72.1 Å². The molecule has 2 fully saturated rings. The molecule has 2 aliphatic rings. The minimum absolute atomic E-state index is 0.233. The lowest BCUT2D eigenvalue weighted by molar-refractivity contribution is 0.00464. The van der Waals surface area contributed by atoms with Crippen LogP contribution < -0.4 is 0 Å². The average Bonchev–Trinajstić information content (AvgIpc) is 2.63. The molecule has 0 aromatic rings. The van der Waals surface area contributed by atoms with Crippen LogP contribution in [-0.4, -0.2) is 125 Å². The van der Waals surface area contributed by atoms with Gasteiger partial charge in [0.05, 0.1) is 19.3 Å². The summed E-state index contributed by atoms with van der Waals surface area (Å²) in [6.07, 6.45) is 2.01. The first-order chi connectivity index (χ1) is 12.2. The highest BCUT2D eigenvalue weighted by Crippen LogP contribution is 2.06. The lowest BCUT2D eigenvalue weighted by Crippen LogP contribution is -2.45. The van der Waals surface area contributed by atoms with Gasteiger partial charge in [0.15, 0.2) is 0 Å². The Morgan fingerprint density at radius 1 is 0.760 bits per heavy atom. The zero-order valence-electron chi connectivity index (χ0n) is 16.5. The summed E-state index contributed by atoms with van der Waals surface area (Å²) in [6, 6.07) is 0. The van der Waals surface area contributed by atoms with E-state index < -0.39 is 0 Å². The van der Waals surface area contributed by atoms with Gasteiger partial charge in [-0.25, -0.2) is 0 Å². The van der Waals surface area contributed by atoms with Crippen LogP contribution in [0.3, 0.4) is 0 Å². The third kappa shape index (κ3) is 8.80.